The molecule has 2 rings (SSSR count). The van der Waals surface area contributed by atoms with Gasteiger partial charge in [0.1, 0.15) is 0 Å². The Labute approximate surface area is 132 Å². The third kappa shape index (κ3) is 4.54. The molecule has 0 aliphatic carbocycles. The lowest BCUT2D eigenvalue weighted by Crippen LogP contribution is -2.52. The van der Waals surface area contributed by atoms with Crippen molar-refractivity contribution in [1.82, 2.24) is 4.90 Å². The summed E-state index contributed by atoms with van der Waals surface area (Å²) in [6.07, 6.45) is 1.35. The van der Waals surface area contributed by atoms with Gasteiger partial charge in [0, 0.05) is 17.6 Å². The molecule has 1 atom stereocenters. The number of rotatable bonds is 4. The van der Waals surface area contributed by atoms with Crippen molar-refractivity contribution in [2.75, 3.05) is 13.1 Å². The number of hydrogen-bond donors (Lipinski definition) is 2. The van der Waals surface area contributed by atoms with Gasteiger partial charge in [-0.15, -0.1) is 0 Å². The van der Waals surface area contributed by atoms with Gasteiger partial charge in [0.25, 0.3) is 0 Å². The lowest BCUT2D eigenvalue weighted by Gasteiger charge is -2.38. The molecule has 0 radical (unpaired) electrons. The van der Waals surface area contributed by atoms with E-state index in [1.165, 1.54) is 0 Å². The summed E-state index contributed by atoms with van der Waals surface area (Å²) < 4.78 is 0.927. The fourth-order valence-corrected chi connectivity index (χ4v) is 3.17. The Kier molecular flexibility index (Phi) is 5.00. The van der Waals surface area contributed by atoms with Crippen molar-refractivity contribution in [3.63, 3.8) is 0 Å². The molecule has 5 nitrogen and oxygen atoms in total. The fourth-order valence-electron chi connectivity index (χ4n) is 2.73. The van der Waals surface area contributed by atoms with E-state index < -0.39 is 11.5 Å². The highest BCUT2D eigenvalue weighted by Gasteiger charge is 2.36. The van der Waals surface area contributed by atoms with Gasteiger partial charge in [0.05, 0.1) is 18.4 Å². The lowest BCUT2D eigenvalue weighted by molar-refractivity contribution is -0.141. The summed E-state index contributed by atoms with van der Waals surface area (Å²) in [6, 6.07) is 7.58. The molecule has 114 valence electrons. The first-order valence-corrected chi connectivity index (χ1v) is 7.70. The maximum Gasteiger partial charge on any atom is 0.227 e. The number of benzene rings is 1. The minimum absolute atomic E-state index is 0.0457. The third-order valence-corrected chi connectivity index (χ3v) is 4.15. The number of carbonyl (C=O) groups is 2. The molecule has 1 unspecified atom stereocenters. The molecule has 0 spiro atoms. The summed E-state index contributed by atoms with van der Waals surface area (Å²) in [5.41, 5.74) is 4.89. The van der Waals surface area contributed by atoms with Crippen LogP contribution in [0, 0.1) is 0 Å². The van der Waals surface area contributed by atoms with E-state index in [0.29, 0.717) is 19.4 Å². The molecule has 1 aliphatic heterocycles. The zero-order valence-corrected chi connectivity index (χ0v) is 13.3. The first-order valence-electron chi connectivity index (χ1n) is 6.91. The molecule has 1 fully saturated rings. The molecule has 0 aromatic heterocycles. The second kappa shape index (κ2) is 6.58. The predicted molar refractivity (Wildman–Crippen MR) is 82.4 cm³/mol. The largest absolute Gasteiger partial charge is 0.388 e. The van der Waals surface area contributed by atoms with Gasteiger partial charge in [0.15, 0.2) is 0 Å². The number of halogens is 1. The van der Waals surface area contributed by atoms with Crippen LogP contribution in [-0.4, -0.2) is 40.5 Å². The van der Waals surface area contributed by atoms with Crippen molar-refractivity contribution in [3.8, 4) is 0 Å². The lowest BCUT2D eigenvalue weighted by atomic mass is 9.89. The molecule has 1 aromatic rings. The van der Waals surface area contributed by atoms with E-state index in [9.17, 15) is 14.7 Å². The highest BCUT2D eigenvalue weighted by atomic mass is 79.9. The van der Waals surface area contributed by atoms with Crippen LogP contribution in [-0.2, 0) is 16.0 Å². The molecule has 2 amide bonds. The maximum absolute atomic E-state index is 12.3. The second-order valence-corrected chi connectivity index (χ2v) is 6.51. The number of carbonyl (C=O) groups excluding carboxylic acids is 2. The molecule has 6 heteroatoms. The Morgan fingerprint density at radius 2 is 2.19 bits per heavy atom. The van der Waals surface area contributed by atoms with Crippen molar-refractivity contribution >= 4 is 27.7 Å². The van der Waals surface area contributed by atoms with Crippen LogP contribution in [0.5, 0.6) is 0 Å². The van der Waals surface area contributed by atoms with E-state index in [0.717, 1.165) is 10.0 Å². The SMILES string of the molecule is NC(=O)CC1(O)CCCN(C(=O)Cc2cccc(Br)c2)C1. The summed E-state index contributed by atoms with van der Waals surface area (Å²) in [6.45, 7) is 0.774. The average Bonchev–Trinajstić information content (AvgIpc) is 2.37. The monoisotopic (exact) mass is 354 g/mol. The van der Waals surface area contributed by atoms with E-state index in [2.05, 4.69) is 15.9 Å². The van der Waals surface area contributed by atoms with Crippen LogP contribution in [0.15, 0.2) is 28.7 Å². The number of primary amides is 1. The third-order valence-electron chi connectivity index (χ3n) is 3.66. The number of nitrogens with zero attached hydrogens (tertiary/aromatic N) is 1. The quantitative estimate of drug-likeness (QED) is 0.852. The zero-order chi connectivity index (χ0) is 15.5. The van der Waals surface area contributed by atoms with Crippen molar-refractivity contribution in [1.29, 1.82) is 0 Å². The maximum atomic E-state index is 12.3. The zero-order valence-electron chi connectivity index (χ0n) is 11.7. The Balaban J connectivity index is 2.00. The summed E-state index contributed by atoms with van der Waals surface area (Å²) in [4.78, 5) is 25.0. The van der Waals surface area contributed by atoms with Crippen molar-refractivity contribution in [2.45, 2.75) is 31.3 Å². The second-order valence-electron chi connectivity index (χ2n) is 5.59. The fraction of sp³-hybridized carbons (Fsp3) is 0.467. The molecule has 0 saturated carbocycles. The van der Waals surface area contributed by atoms with Crippen molar-refractivity contribution < 1.29 is 14.7 Å². The van der Waals surface area contributed by atoms with Crippen LogP contribution in [0.3, 0.4) is 0 Å². The standard InChI is InChI=1S/C15H19BrN2O3/c16-12-4-1-3-11(7-12)8-14(20)18-6-2-5-15(21,10-18)9-13(17)19/h1,3-4,7,21H,2,5-6,8-10H2,(H2,17,19). The van der Waals surface area contributed by atoms with Crippen LogP contribution in [0.1, 0.15) is 24.8 Å². The van der Waals surface area contributed by atoms with Gasteiger partial charge in [0.2, 0.25) is 11.8 Å². The van der Waals surface area contributed by atoms with Crippen LogP contribution in [0.25, 0.3) is 0 Å². The van der Waals surface area contributed by atoms with Gasteiger partial charge in [-0.3, -0.25) is 9.59 Å². The van der Waals surface area contributed by atoms with Gasteiger partial charge in [-0.2, -0.15) is 0 Å². The van der Waals surface area contributed by atoms with Crippen molar-refractivity contribution in [3.05, 3.63) is 34.3 Å². The van der Waals surface area contributed by atoms with E-state index in [4.69, 9.17) is 5.73 Å². The predicted octanol–water partition coefficient (Wildman–Crippen LogP) is 1.22. The first-order chi connectivity index (χ1) is 9.88. The summed E-state index contributed by atoms with van der Waals surface area (Å²) in [5, 5.41) is 10.4. The Hall–Kier alpha value is -1.40. The van der Waals surface area contributed by atoms with Gasteiger partial charge in [-0.1, -0.05) is 28.1 Å². The van der Waals surface area contributed by atoms with Gasteiger partial charge in [-0.25, -0.2) is 0 Å². The Morgan fingerprint density at radius 1 is 1.43 bits per heavy atom. The highest BCUT2D eigenvalue weighted by molar-refractivity contribution is 9.10. The smallest absolute Gasteiger partial charge is 0.227 e. The molecule has 1 saturated heterocycles. The number of β-amino-alcohol motifs (C(OH)–C–C–N with tert-alkyl or cyclic N) is 1. The molecule has 0 bridgehead atoms. The van der Waals surface area contributed by atoms with Gasteiger partial charge >= 0.3 is 0 Å². The molecule has 1 aliphatic rings. The molecular formula is C15H19BrN2O3. The number of aliphatic hydroxyl groups is 1. The van der Waals surface area contributed by atoms with Crippen LogP contribution in [0.2, 0.25) is 0 Å². The van der Waals surface area contributed by atoms with Crippen LogP contribution >= 0.6 is 15.9 Å². The van der Waals surface area contributed by atoms with E-state index in [-0.39, 0.29) is 25.3 Å². The molecule has 21 heavy (non-hydrogen) atoms. The molecular weight excluding hydrogens is 336 g/mol. The first kappa shape index (κ1) is 16.0. The number of hydrogen-bond acceptors (Lipinski definition) is 3. The summed E-state index contributed by atoms with van der Waals surface area (Å²) in [7, 11) is 0. The molecule has 1 aromatic carbocycles. The topological polar surface area (TPSA) is 83.6 Å². The normalized spacial score (nSPS) is 22.1. The average molecular weight is 355 g/mol. The van der Waals surface area contributed by atoms with E-state index in [1.54, 1.807) is 4.90 Å². The Bertz CT molecular complexity index is 549. The number of amides is 2. The number of piperidine rings is 1. The minimum Gasteiger partial charge on any atom is -0.388 e. The van der Waals surface area contributed by atoms with Crippen molar-refractivity contribution in [2.24, 2.45) is 5.73 Å². The summed E-state index contributed by atoms with van der Waals surface area (Å²) in [5.74, 6) is -0.588. The molecule has 1 heterocycles. The highest BCUT2D eigenvalue weighted by Crippen LogP contribution is 2.25. The molecule has 3 N–H and O–H groups in total. The summed E-state index contributed by atoms with van der Waals surface area (Å²) >= 11 is 3.38. The van der Waals surface area contributed by atoms with Gasteiger partial charge < -0.3 is 15.7 Å². The van der Waals surface area contributed by atoms with E-state index >= 15 is 0 Å². The number of likely N-dealkylation sites (tertiary alicyclic amines) is 1. The number of nitrogens with two attached hydrogens (primary N) is 1. The van der Waals surface area contributed by atoms with E-state index in [1.807, 2.05) is 24.3 Å². The van der Waals surface area contributed by atoms with Crippen LogP contribution < -0.4 is 5.73 Å². The minimum atomic E-state index is -1.18. The van der Waals surface area contributed by atoms with Crippen LogP contribution in [0.4, 0.5) is 0 Å². The van der Waals surface area contributed by atoms with Gasteiger partial charge in [-0.05, 0) is 30.5 Å². The Morgan fingerprint density at radius 3 is 2.86 bits per heavy atom.